The van der Waals surface area contributed by atoms with Gasteiger partial charge in [-0.25, -0.2) is 8.42 Å². The maximum atomic E-state index is 13.7. The van der Waals surface area contributed by atoms with E-state index in [2.05, 4.69) is 36.2 Å². The molecule has 1 N–H and O–H groups in total. The SMILES string of the molecule is CCN(CC)C(=O)c1c(NC(=O)c2ccc(S(=O)(=O)N3CC(C)CC(C)C3)cc2)sc2c1CCN(Cc1ccccc1)C2. The molecule has 2 aromatic carbocycles. The molecule has 0 aliphatic carbocycles. The monoisotopic (exact) mass is 622 g/mol. The molecule has 0 radical (unpaired) electrons. The van der Waals surface area contributed by atoms with Gasteiger partial charge in [-0.3, -0.25) is 14.5 Å². The number of sulfonamides is 1. The van der Waals surface area contributed by atoms with Crippen molar-refractivity contribution >= 4 is 38.2 Å². The van der Waals surface area contributed by atoms with Crippen LogP contribution in [0.5, 0.6) is 0 Å². The molecule has 1 saturated heterocycles. The predicted molar refractivity (Wildman–Crippen MR) is 172 cm³/mol. The summed E-state index contributed by atoms with van der Waals surface area (Å²) < 4.78 is 28.2. The van der Waals surface area contributed by atoms with Gasteiger partial charge in [0, 0.05) is 56.3 Å². The average molecular weight is 623 g/mol. The smallest absolute Gasteiger partial charge is 0.257 e. The number of thiophene rings is 1. The first-order valence-electron chi connectivity index (χ1n) is 15.2. The molecule has 2 aliphatic heterocycles. The molecule has 10 heteroatoms. The van der Waals surface area contributed by atoms with Crippen LogP contribution in [0.1, 0.15) is 70.8 Å². The Morgan fingerprint density at radius 3 is 2.26 bits per heavy atom. The van der Waals surface area contributed by atoms with Crippen LogP contribution in [0.25, 0.3) is 0 Å². The second-order valence-electron chi connectivity index (χ2n) is 11.9. The van der Waals surface area contributed by atoms with E-state index in [1.165, 1.54) is 29.0 Å². The number of hydrogen-bond donors (Lipinski definition) is 1. The molecule has 2 unspecified atom stereocenters. The van der Waals surface area contributed by atoms with Gasteiger partial charge in [0.15, 0.2) is 0 Å². The summed E-state index contributed by atoms with van der Waals surface area (Å²) in [4.78, 5) is 32.6. The molecular weight excluding hydrogens is 581 g/mol. The highest BCUT2D eigenvalue weighted by Crippen LogP contribution is 2.38. The van der Waals surface area contributed by atoms with Crippen LogP contribution in [-0.4, -0.2) is 67.1 Å². The van der Waals surface area contributed by atoms with E-state index in [0.717, 1.165) is 36.4 Å². The minimum Gasteiger partial charge on any atom is -0.339 e. The zero-order valence-electron chi connectivity index (χ0n) is 25.5. The topological polar surface area (TPSA) is 90.0 Å². The Kier molecular flexibility index (Phi) is 9.70. The molecule has 0 spiro atoms. The van der Waals surface area contributed by atoms with E-state index in [0.29, 0.717) is 60.7 Å². The Bertz CT molecular complexity index is 1540. The molecule has 0 saturated carbocycles. The molecule has 1 aromatic heterocycles. The summed E-state index contributed by atoms with van der Waals surface area (Å²) in [5.74, 6) is 0.177. The van der Waals surface area contributed by atoms with Gasteiger partial charge < -0.3 is 10.2 Å². The Balaban J connectivity index is 1.37. The summed E-state index contributed by atoms with van der Waals surface area (Å²) in [6.45, 7) is 12.6. The van der Waals surface area contributed by atoms with Crippen LogP contribution in [0.2, 0.25) is 0 Å². The van der Waals surface area contributed by atoms with Crippen molar-refractivity contribution in [3.63, 3.8) is 0 Å². The quantitative estimate of drug-likeness (QED) is 0.330. The zero-order valence-corrected chi connectivity index (χ0v) is 27.1. The minimum absolute atomic E-state index is 0.0688. The molecule has 1 fully saturated rings. The van der Waals surface area contributed by atoms with Gasteiger partial charge in [0.25, 0.3) is 11.8 Å². The van der Waals surface area contributed by atoms with Gasteiger partial charge in [-0.05, 0) is 73.9 Å². The number of fused-ring (bicyclic) bond motifs is 1. The Morgan fingerprint density at radius 2 is 1.63 bits per heavy atom. The maximum Gasteiger partial charge on any atom is 0.257 e. The Labute approximate surface area is 259 Å². The van der Waals surface area contributed by atoms with Crippen molar-refractivity contribution in [2.45, 2.75) is 58.5 Å². The zero-order chi connectivity index (χ0) is 30.7. The number of nitrogens with one attached hydrogen (secondary N) is 1. The van der Waals surface area contributed by atoms with E-state index >= 15 is 0 Å². The second-order valence-corrected chi connectivity index (χ2v) is 14.9. The summed E-state index contributed by atoms with van der Waals surface area (Å²) in [6, 6.07) is 16.5. The fraction of sp³-hybridized carbons (Fsp3) is 0.455. The molecule has 2 amide bonds. The van der Waals surface area contributed by atoms with Crippen molar-refractivity contribution in [1.82, 2.24) is 14.1 Å². The second kappa shape index (κ2) is 13.3. The molecule has 230 valence electrons. The van der Waals surface area contributed by atoms with Crippen LogP contribution >= 0.6 is 11.3 Å². The van der Waals surface area contributed by atoms with Gasteiger partial charge >= 0.3 is 0 Å². The van der Waals surface area contributed by atoms with Crippen molar-refractivity contribution in [1.29, 1.82) is 0 Å². The third-order valence-corrected chi connectivity index (χ3v) is 11.4. The van der Waals surface area contributed by atoms with Gasteiger partial charge in [0.2, 0.25) is 10.0 Å². The van der Waals surface area contributed by atoms with Crippen LogP contribution in [0.3, 0.4) is 0 Å². The first-order valence-corrected chi connectivity index (χ1v) is 17.5. The average Bonchev–Trinajstić information content (AvgIpc) is 3.34. The molecule has 5 rings (SSSR count). The lowest BCUT2D eigenvalue weighted by Crippen LogP contribution is -2.42. The predicted octanol–water partition coefficient (Wildman–Crippen LogP) is 5.71. The highest BCUT2D eigenvalue weighted by atomic mass is 32.2. The highest BCUT2D eigenvalue weighted by Gasteiger charge is 2.33. The maximum absolute atomic E-state index is 13.7. The molecule has 2 atom stereocenters. The molecule has 3 heterocycles. The van der Waals surface area contributed by atoms with E-state index < -0.39 is 10.0 Å². The van der Waals surface area contributed by atoms with Crippen molar-refractivity contribution < 1.29 is 18.0 Å². The number of amides is 2. The number of carbonyl (C=O) groups excluding carboxylic acids is 2. The number of hydrogen-bond acceptors (Lipinski definition) is 6. The number of carbonyl (C=O) groups is 2. The van der Waals surface area contributed by atoms with Crippen LogP contribution in [-0.2, 0) is 29.5 Å². The molecule has 0 bridgehead atoms. The summed E-state index contributed by atoms with van der Waals surface area (Å²) in [5.41, 5.74) is 3.19. The van der Waals surface area contributed by atoms with Crippen molar-refractivity contribution in [3.05, 3.63) is 81.7 Å². The lowest BCUT2D eigenvalue weighted by Gasteiger charge is -2.34. The largest absolute Gasteiger partial charge is 0.339 e. The third-order valence-electron chi connectivity index (χ3n) is 8.47. The number of benzene rings is 2. The normalized spacial score (nSPS) is 19.5. The molecule has 3 aromatic rings. The van der Waals surface area contributed by atoms with Crippen LogP contribution in [0.15, 0.2) is 59.5 Å². The molecule has 8 nitrogen and oxygen atoms in total. The highest BCUT2D eigenvalue weighted by molar-refractivity contribution is 7.89. The number of rotatable bonds is 9. The molecule has 2 aliphatic rings. The van der Waals surface area contributed by atoms with Crippen molar-refractivity contribution in [2.75, 3.05) is 38.0 Å². The number of piperidine rings is 1. The molecular formula is C33H42N4O4S2. The van der Waals surface area contributed by atoms with Crippen LogP contribution < -0.4 is 5.32 Å². The van der Waals surface area contributed by atoms with Gasteiger partial charge in [-0.15, -0.1) is 11.3 Å². The van der Waals surface area contributed by atoms with E-state index in [-0.39, 0.29) is 16.7 Å². The summed E-state index contributed by atoms with van der Waals surface area (Å²) in [6.07, 6.45) is 1.75. The van der Waals surface area contributed by atoms with Crippen molar-refractivity contribution in [3.8, 4) is 0 Å². The lowest BCUT2D eigenvalue weighted by atomic mass is 9.94. The van der Waals surface area contributed by atoms with Gasteiger partial charge in [-0.2, -0.15) is 4.31 Å². The standard InChI is InChI=1S/C33H42N4O4S2/c1-5-36(6-2)33(39)30-28-16-17-35(21-25-10-8-7-9-11-25)22-29(28)42-32(30)34-31(38)26-12-14-27(15-13-26)43(40,41)37-19-23(3)18-24(4)20-37/h7-15,23-24H,5-6,16-22H2,1-4H3,(H,34,38). The summed E-state index contributed by atoms with van der Waals surface area (Å²) >= 11 is 1.47. The third kappa shape index (κ3) is 6.87. The van der Waals surface area contributed by atoms with Gasteiger partial charge in [-0.1, -0.05) is 44.2 Å². The fourth-order valence-corrected chi connectivity index (χ4v) is 9.28. The molecule has 43 heavy (non-hydrogen) atoms. The first kappa shape index (κ1) is 31.4. The summed E-state index contributed by atoms with van der Waals surface area (Å²) in [5, 5.41) is 3.58. The van der Waals surface area contributed by atoms with E-state index in [9.17, 15) is 18.0 Å². The lowest BCUT2D eigenvalue weighted by molar-refractivity contribution is 0.0772. The van der Waals surface area contributed by atoms with Crippen LogP contribution in [0, 0.1) is 11.8 Å². The minimum atomic E-state index is -3.64. The first-order chi connectivity index (χ1) is 20.6. The number of nitrogens with zero attached hydrogens (tertiary/aromatic N) is 3. The number of anilines is 1. The van der Waals surface area contributed by atoms with Gasteiger partial charge in [0.05, 0.1) is 10.5 Å². The Hall–Kier alpha value is -3.05. The fourth-order valence-electron chi connectivity index (χ4n) is 6.32. The summed E-state index contributed by atoms with van der Waals surface area (Å²) in [7, 11) is -3.64. The van der Waals surface area contributed by atoms with Crippen LogP contribution in [0.4, 0.5) is 5.00 Å². The Morgan fingerprint density at radius 1 is 0.977 bits per heavy atom. The van der Waals surface area contributed by atoms with E-state index in [4.69, 9.17) is 0 Å². The van der Waals surface area contributed by atoms with Gasteiger partial charge in [0.1, 0.15) is 5.00 Å². The van der Waals surface area contributed by atoms with E-state index in [1.54, 1.807) is 21.3 Å². The van der Waals surface area contributed by atoms with E-state index in [1.807, 2.05) is 32.0 Å². The van der Waals surface area contributed by atoms with Crippen molar-refractivity contribution in [2.24, 2.45) is 11.8 Å².